The first-order valence-corrected chi connectivity index (χ1v) is 6.78. The molecular formula is C14H14F3N3O. The fourth-order valence-corrected chi connectivity index (χ4v) is 2.83. The van der Waals surface area contributed by atoms with Gasteiger partial charge in [0, 0.05) is 11.5 Å². The first kappa shape index (κ1) is 14.1. The maximum Gasteiger partial charge on any atom is 0.230 e. The van der Waals surface area contributed by atoms with Gasteiger partial charge in [-0.05, 0) is 37.4 Å². The van der Waals surface area contributed by atoms with Crippen LogP contribution in [0.25, 0.3) is 11.4 Å². The zero-order valence-corrected chi connectivity index (χ0v) is 11.2. The Morgan fingerprint density at radius 3 is 2.57 bits per heavy atom. The van der Waals surface area contributed by atoms with Crippen LogP contribution in [0, 0.1) is 23.4 Å². The second-order valence-electron chi connectivity index (χ2n) is 5.24. The highest BCUT2D eigenvalue weighted by molar-refractivity contribution is 5.54. The average Bonchev–Trinajstić information content (AvgIpc) is 3.11. The van der Waals surface area contributed by atoms with Gasteiger partial charge in [0.1, 0.15) is 0 Å². The number of nitrogens with two attached hydrogens (primary N) is 1. The van der Waals surface area contributed by atoms with Gasteiger partial charge in [0.25, 0.3) is 0 Å². The molecule has 1 heterocycles. The maximum absolute atomic E-state index is 13.2. The fourth-order valence-electron chi connectivity index (χ4n) is 2.83. The molecule has 3 rings (SSSR count). The zero-order valence-electron chi connectivity index (χ0n) is 11.2. The van der Waals surface area contributed by atoms with Crippen LogP contribution in [0.1, 0.15) is 31.1 Å². The molecule has 1 aromatic carbocycles. The minimum Gasteiger partial charge on any atom is -0.339 e. The Labute approximate surface area is 119 Å². The molecule has 1 saturated carbocycles. The highest BCUT2D eigenvalue weighted by atomic mass is 19.2. The minimum atomic E-state index is -1.51. The molecule has 0 amide bonds. The molecule has 21 heavy (non-hydrogen) atoms. The van der Waals surface area contributed by atoms with Gasteiger partial charge in [-0.3, -0.25) is 0 Å². The van der Waals surface area contributed by atoms with Crippen LogP contribution in [0.15, 0.2) is 16.7 Å². The van der Waals surface area contributed by atoms with E-state index in [0.29, 0.717) is 12.4 Å². The van der Waals surface area contributed by atoms with E-state index in [0.717, 1.165) is 31.4 Å². The molecule has 2 unspecified atom stereocenters. The number of nitrogens with zero attached hydrogens (tertiary/aromatic N) is 2. The normalized spacial score (nSPS) is 21.9. The van der Waals surface area contributed by atoms with E-state index in [1.54, 1.807) is 0 Å². The van der Waals surface area contributed by atoms with Crippen LogP contribution in [-0.4, -0.2) is 16.7 Å². The minimum absolute atomic E-state index is 0.0451. The van der Waals surface area contributed by atoms with Crippen LogP contribution >= 0.6 is 0 Å². The third kappa shape index (κ3) is 2.53. The molecule has 1 fully saturated rings. The molecule has 4 nitrogen and oxygen atoms in total. The maximum atomic E-state index is 13.2. The average molecular weight is 297 g/mol. The smallest absolute Gasteiger partial charge is 0.230 e. The molecule has 0 saturated heterocycles. The van der Waals surface area contributed by atoms with E-state index in [2.05, 4.69) is 10.1 Å². The Hall–Kier alpha value is -1.89. The molecule has 1 aliphatic rings. The van der Waals surface area contributed by atoms with E-state index in [1.165, 1.54) is 0 Å². The number of hydrogen-bond donors (Lipinski definition) is 1. The Morgan fingerprint density at radius 1 is 1.19 bits per heavy atom. The molecule has 1 aliphatic carbocycles. The largest absolute Gasteiger partial charge is 0.339 e. The van der Waals surface area contributed by atoms with Crippen LogP contribution in [0.2, 0.25) is 0 Å². The van der Waals surface area contributed by atoms with Crippen molar-refractivity contribution in [3.63, 3.8) is 0 Å². The topological polar surface area (TPSA) is 64.9 Å². The summed E-state index contributed by atoms with van der Waals surface area (Å²) < 4.78 is 44.6. The Balaban J connectivity index is 1.91. The standard InChI is InChI=1S/C14H14F3N3O/c15-10-4-8(5-11(16)12(10)17)13-19-14(21-20-13)9-3-1-2-7(9)6-18/h4-5,7,9H,1-3,6,18H2. The van der Waals surface area contributed by atoms with Crippen molar-refractivity contribution in [3.8, 4) is 11.4 Å². The van der Waals surface area contributed by atoms with Gasteiger partial charge < -0.3 is 10.3 Å². The fraction of sp³-hybridized carbons (Fsp3) is 0.429. The molecule has 112 valence electrons. The molecule has 1 aromatic heterocycles. The number of hydrogen-bond acceptors (Lipinski definition) is 4. The summed E-state index contributed by atoms with van der Waals surface area (Å²) in [7, 11) is 0. The summed E-state index contributed by atoms with van der Waals surface area (Å²) in [4.78, 5) is 4.18. The lowest BCUT2D eigenvalue weighted by atomic mass is 9.96. The van der Waals surface area contributed by atoms with E-state index in [-0.39, 0.29) is 23.2 Å². The van der Waals surface area contributed by atoms with E-state index < -0.39 is 17.5 Å². The summed E-state index contributed by atoms with van der Waals surface area (Å²) in [5, 5.41) is 3.73. The van der Waals surface area contributed by atoms with Crippen molar-refractivity contribution in [2.75, 3.05) is 6.54 Å². The molecular weight excluding hydrogens is 283 g/mol. The number of aromatic nitrogens is 2. The lowest BCUT2D eigenvalue weighted by molar-refractivity contribution is 0.326. The molecule has 0 spiro atoms. The van der Waals surface area contributed by atoms with Crippen molar-refractivity contribution in [1.29, 1.82) is 0 Å². The van der Waals surface area contributed by atoms with Gasteiger partial charge in [0.2, 0.25) is 11.7 Å². The highest BCUT2D eigenvalue weighted by Crippen LogP contribution is 2.38. The van der Waals surface area contributed by atoms with Crippen molar-refractivity contribution < 1.29 is 17.7 Å². The molecule has 0 bridgehead atoms. The Kier molecular flexibility index (Phi) is 3.67. The first-order valence-electron chi connectivity index (χ1n) is 6.78. The van der Waals surface area contributed by atoms with Gasteiger partial charge in [0.15, 0.2) is 17.5 Å². The third-order valence-electron chi connectivity index (χ3n) is 3.96. The molecule has 0 aliphatic heterocycles. The van der Waals surface area contributed by atoms with E-state index in [4.69, 9.17) is 10.3 Å². The van der Waals surface area contributed by atoms with E-state index in [9.17, 15) is 13.2 Å². The summed E-state index contributed by atoms with van der Waals surface area (Å²) in [6, 6.07) is 1.70. The first-order chi connectivity index (χ1) is 10.1. The summed E-state index contributed by atoms with van der Waals surface area (Å²) in [6.45, 7) is 0.530. The summed E-state index contributed by atoms with van der Waals surface area (Å²) in [6.07, 6.45) is 2.93. The monoisotopic (exact) mass is 297 g/mol. The van der Waals surface area contributed by atoms with Crippen LogP contribution in [0.5, 0.6) is 0 Å². The van der Waals surface area contributed by atoms with Crippen LogP contribution in [0.4, 0.5) is 13.2 Å². The predicted molar refractivity (Wildman–Crippen MR) is 68.7 cm³/mol. The highest BCUT2D eigenvalue weighted by Gasteiger charge is 2.32. The van der Waals surface area contributed by atoms with Crippen LogP contribution in [-0.2, 0) is 0 Å². The number of halogens is 3. The SMILES string of the molecule is NCC1CCCC1c1nc(-c2cc(F)c(F)c(F)c2)no1. The van der Waals surface area contributed by atoms with Gasteiger partial charge in [-0.15, -0.1) is 0 Å². The number of rotatable bonds is 3. The zero-order chi connectivity index (χ0) is 15.0. The molecule has 2 N–H and O–H groups in total. The van der Waals surface area contributed by atoms with Crippen LogP contribution in [0.3, 0.4) is 0 Å². The van der Waals surface area contributed by atoms with Crippen molar-refractivity contribution >= 4 is 0 Å². The van der Waals surface area contributed by atoms with E-state index >= 15 is 0 Å². The van der Waals surface area contributed by atoms with Gasteiger partial charge in [-0.2, -0.15) is 4.98 Å². The number of benzene rings is 1. The predicted octanol–water partition coefficient (Wildman–Crippen LogP) is 3.00. The molecule has 0 radical (unpaired) electrons. The summed E-state index contributed by atoms with van der Waals surface area (Å²) >= 11 is 0. The van der Waals surface area contributed by atoms with Gasteiger partial charge >= 0.3 is 0 Å². The lowest BCUT2D eigenvalue weighted by Crippen LogP contribution is -2.17. The Morgan fingerprint density at radius 2 is 1.90 bits per heavy atom. The Bertz CT molecular complexity index is 636. The molecule has 7 heteroatoms. The van der Waals surface area contributed by atoms with E-state index in [1.807, 2.05) is 0 Å². The van der Waals surface area contributed by atoms with Gasteiger partial charge in [-0.1, -0.05) is 11.6 Å². The van der Waals surface area contributed by atoms with Crippen molar-refractivity contribution in [1.82, 2.24) is 10.1 Å². The third-order valence-corrected chi connectivity index (χ3v) is 3.96. The molecule has 2 aromatic rings. The quantitative estimate of drug-likeness (QED) is 0.884. The van der Waals surface area contributed by atoms with Crippen molar-refractivity contribution in [2.24, 2.45) is 11.7 Å². The lowest BCUT2D eigenvalue weighted by Gasteiger charge is -2.12. The van der Waals surface area contributed by atoms with Crippen LogP contribution < -0.4 is 5.73 Å². The summed E-state index contributed by atoms with van der Waals surface area (Å²) in [5.74, 6) is -3.25. The van der Waals surface area contributed by atoms with Gasteiger partial charge in [-0.25, -0.2) is 13.2 Å². The van der Waals surface area contributed by atoms with Crippen molar-refractivity contribution in [2.45, 2.75) is 25.2 Å². The second kappa shape index (κ2) is 5.48. The summed E-state index contributed by atoms with van der Waals surface area (Å²) in [5.41, 5.74) is 5.75. The second-order valence-corrected chi connectivity index (χ2v) is 5.24. The van der Waals surface area contributed by atoms with Crippen molar-refractivity contribution in [3.05, 3.63) is 35.5 Å². The molecule has 2 atom stereocenters. The van der Waals surface area contributed by atoms with Gasteiger partial charge in [0.05, 0.1) is 0 Å².